The molecule has 0 radical (unpaired) electrons. The fourth-order valence-corrected chi connectivity index (χ4v) is 1.75. The molecule has 0 aliphatic carbocycles. The van der Waals surface area contributed by atoms with E-state index in [2.05, 4.69) is 15.5 Å². The zero-order chi connectivity index (χ0) is 13.7. The summed E-state index contributed by atoms with van der Waals surface area (Å²) in [6.45, 7) is 0.862. The van der Waals surface area contributed by atoms with Crippen molar-refractivity contribution in [1.29, 1.82) is 0 Å². The average molecular weight is 265 g/mol. The number of aromatic nitrogens is 2. The molecule has 0 aliphatic rings. The highest BCUT2D eigenvalue weighted by Crippen LogP contribution is 2.31. The number of rotatable bonds is 6. The molecule has 1 heterocycles. The molecule has 0 bridgehead atoms. The van der Waals surface area contributed by atoms with Crippen LogP contribution in [-0.2, 0) is 6.42 Å². The zero-order valence-corrected chi connectivity index (χ0v) is 10.9. The maximum Gasteiger partial charge on any atom is 0.254 e. The number of methoxy groups -OCH3 is 1. The Hall–Kier alpha value is -1.95. The predicted octanol–water partition coefficient (Wildman–Crippen LogP) is 2.04. The summed E-state index contributed by atoms with van der Waals surface area (Å²) in [6.07, 6.45) is 1.54. The predicted molar refractivity (Wildman–Crippen MR) is 68.5 cm³/mol. The van der Waals surface area contributed by atoms with Crippen LogP contribution >= 0.6 is 0 Å². The van der Waals surface area contributed by atoms with Crippen LogP contribution in [0.25, 0.3) is 11.5 Å². The summed E-state index contributed by atoms with van der Waals surface area (Å²) in [4.78, 5) is 0. The second kappa shape index (κ2) is 6.29. The lowest BCUT2D eigenvalue weighted by Gasteiger charge is -2.05. The molecule has 0 amide bonds. The van der Waals surface area contributed by atoms with Crippen LogP contribution in [0.3, 0.4) is 0 Å². The van der Waals surface area contributed by atoms with Crippen molar-refractivity contribution in [2.75, 3.05) is 20.7 Å². The Morgan fingerprint density at radius 2 is 2.21 bits per heavy atom. The molecule has 102 valence electrons. The highest BCUT2D eigenvalue weighted by atomic mass is 19.1. The van der Waals surface area contributed by atoms with Crippen molar-refractivity contribution >= 4 is 0 Å². The molecule has 0 aliphatic heterocycles. The van der Waals surface area contributed by atoms with E-state index >= 15 is 0 Å². The molecule has 2 rings (SSSR count). The van der Waals surface area contributed by atoms with Crippen molar-refractivity contribution in [3.63, 3.8) is 0 Å². The van der Waals surface area contributed by atoms with Crippen LogP contribution in [0.1, 0.15) is 12.3 Å². The highest BCUT2D eigenvalue weighted by Gasteiger charge is 2.17. The van der Waals surface area contributed by atoms with E-state index in [0.717, 1.165) is 13.0 Å². The van der Waals surface area contributed by atoms with Gasteiger partial charge in [0.15, 0.2) is 0 Å². The molecular weight excluding hydrogens is 249 g/mol. The molecule has 19 heavy (non-hydrogen) atoms. The number of nitrogens with zero attached hydrogens (tertiary/aromatic N) is 2. The Labute approximate surface area is 110 Å². The molecule has 0 atom stereocenters. The van der Waals surface area contributed by atoms with Crippen molar-refractivity contribution in [3.05, 3.63) is 29.9 Å². The smallest absolute Gasteiger partial charge is 0.254 e. The van der Waals surface area contributed by atoms with Gasteiger partial charge >= 0.3 is 0 Å². The Balaban J connectivity index is 2.23. The average Bonchev–Trinajstić information content (AvgIpc) is 2.87. The third-order valence-corrected chi connectivity index (χ3v) is 2.69. The molecule has 0 saturated carbocycles. The first-order valence-electron chi connectivity index (χ1n) is 6.06. The first-order valence-corrected chi connectivity index (χ1v) is 6.06. The molecule has 2 aromatic rings. The number of aryl methyl sites for hydroxylation is 1. The van der Waals surface area contributed by atoms with Gasteiger partial charge in [0.05, 0.1) is 7.11 Å². The molecule has 1 aromatic carbocycles. The summed E-state index contributed by atoms with van der Waals surface area (Å²) in [5.74, 6) is 0.583. The van der Waals surface area contributed by atoms with E-state index in [1.807, 2.05) is 7.05 Å². The molecule has 0 unspecified atom stereocenters. The number of ether oxygens (including phenoxy) is 1. The Morgan fingerprint density at radius 3 is 2.95 bits per heavy atom. The SMILES string of the molecule is CNCCCc1nnc(-c2c(F)cccc2OC)o1. The van der Waals surface area contributed by atoms with E-state index < -0.39 is 5.82 Å². The van der Waals surface area contributed by atoms with E-state index in [9.17, 15) is 4.39 Å². The van der Waals surface area contributed by atoms with Crippen molar-refractivity contribution in [3.8, 4) is 17.2 Å². The van der Waals surface area contributed by atoms with Crippen LogP contribution in [0, 0.1) is 5.82 Å². The van der Waals surface area contributed by atoms with Crippen LogP contribution in [0.4, 0.5) is 4.39 Å². The second-order valence-electron chi connectivity index (χ2n) is 4.03. The molecule has 0 spiro atoms. The van der Waals surface area contributed by atoms with Crippen LogP contribution in [0.2, 0.25) is 0 Å². The van der Waals surface area contributed by atoms with Gasteiger partial charge in [-0.25, -0.2) is 4.39 Å². The lowest BCUT2D eigenvalue weighted by molar-refractivity contribution is 0.409. The fraction of sp³-hybridized carbons (Fsp3) is 0.385. The van der Waals surface area contributed by atoms with Gasteiger partial charge in [-0.15, -0.1) is 10.2 Å². The molecule has 0 fully saturated rings. The zero-order valence-electron chi connectivity index (χ0n) is 10.9. The normalized spacial score (nSPS) is 10.7. The summed E-state index contributed by atoms with van der Waals surface area (Å²) in [5, 5.41) is 10.8. The minimum atomic E-state index is -0.440. The maximum atomic E-state index is 13.8. The van der Waals surface area contributed by atoms with E-state index in [4.69, 9.17) is 9.15 Å². The van der Waals surface area contributed by atoms with Gasteiger partial charge in [0.25, 0.3) is 5.89 Å². The van der Waals surface area contributed by atoms with E-state index in [1.165, 1.54) is 13.2 Å². The van der Waals surface area contributed by atoms with Gasteiger partial charge in [0.1, 0.15) is 17.1 Å². The topological polar surface area (TPSA) is 60.2 Å². The third kappa shape index (κ3) is 3.08. The summed E-state index contributed by atoms with van der Waals surface area (Å²) >= 11 is 0. The molecule has 6 heteroatoms. The van der Waals surface area contributed by atoms with E-state index in [0.29, 0.717) is 18.1 Å². The molecule has 1 aromatic heterocycles. The van der Waals surface area contributed by atoms with Gasteiger partial charge in [-0.1, -0.05) is 6.07 Å². The Bertz CT molecular complexity index is 542. The summed E-state index contributed by atoms with van der Waals surface area (Å²) in [7, 11) is 3.35. The van der Waals surface area contributed by atoms with Crippen molar-refractivity contribution in [2.24, 2.45) is 0 Å². The standard InChI is InChI=1S/C13H16FN3O2/c1-15-8-4-7-11-16-17-13(19-11)12-9(14)5-3-6-10(12)18-2/h3,5-6,15H,4,7-8H2,1-2H3. The van der Waals surface area contributed by atoms with Crippen LogP contribution in [-0.4, -0.2) is 30.9 Å². The lowest BCUT2D eigenvalue weighted by Crippen LogP contribution is -2.08. The Morgan fingerprint density at radius 1 is 1.37 bits per heavy atom. The lowest BCUT2D eigenvalue weighted by atomic mass is 10.2. The van der Waals surface area contributed by atoms with Crippen LogP contribution in [0.5, 0.6) is 5.75 Å². The van der Waals surface area contributed by atoms with Gasteiger partial charge in [-0.05, 0) is 32.1 Å². The first-order chi connectivity index (χ1) is 9.26. The third-order valence-electron chi connectivity index (χ3n) is 2.69. The summed E-state index contributed by atoms with van der Waals surface area (Å²) in [5.41, 5.74) is 0.206. The quantitative estimate of drug-likeness (QED) is 0.810. The maximum absolute atomic E-state index is 13.8. The molecule has 0 saturated heterocycles. The van der Waals surface area contributed by atoms with E-state index in [1.54, 1.807) is 12.1 Å². The van der Waals surface area contributed by atoms with Crippen molar-refractivity contribution in [1.82, 2.24) is 15.5 Å². The number of hydrogen-bond donors (Lipinski definition) is 1. The number of nitrogens with one attached hydrogen (secondary N) is 1. The molecule has 5 nitrogen and oxygen atoms in total. The Kier molecular flexibility index (Phi) is 4.46. The number of benzene rings is 1. The second-order valence-corrected chi connectivity index (χ2v) is 4.03. The summed E-state index contributed by atoms with van der Waals surface area (Å²) in [6, 6.07) is 4.56. The monoisotopic (exact) mass is 265 g/mol. The first kappa shape index (κ1) is 13.5. The minimum absolute atomic E-state index is 0.148. The summed E-state index contributed by atoms with van der Waals surface area (Å²) < 4.78 is 24.4. The number of hydrogen-bond acceptors (Lipinski definition) is 5. The van der Waals surface area contributed by atoms with Crippen molar-refractivity contribution < 1.29 is 13.5 Å². The highest BCUT2D eigenvalue weighted by molar-refractivity contribution is 5.63. The molecular formula is C13H16FN3O2. The largest absolute Gasteiger partial charge is 0.496 e. The van der Waals surface area contributed by atoms with Crippen molar-refractivity contribution in [2.45, 2.75) is 12.8 Å². The molecule has 1 N–H and O–H groups in total. The van der Waals surface area contributed by atoms with E-state index in [-0.39, 0.29) is 11.5 Å². The van der Waals surface area contributed by atoms with Crippen LogP contribution < -0.4 is 10.1 Å². The van der Waals surface area contributed by atoms with Crippen LogP contribution in [0.15, 0.2) is 22.6 Å². The van der Waals surface area contributed by atoms with Gasteiger partial charge in [0, 0.05) is 6.42 Å². The van der Waals surface area contributed by atoms with Gasteiger partial charge in [0.2, 0.25) is 5.89 Å². The van der Waals surface area contributed by atoms with Gasteiger partial charge < -0.3 is 14.5 Å². The van der Waals surface area contributed by atoms with Gasteiger partial charge in [-0.2, -0.15) is 0 Å². The minimum Gasteiger partial charge on any atom is -0.496 e. The number of halogens is 1. The van der Waals surface area contributed by atoms with Gasteiger partial charge in [-0.3, -0.25) is 0 Å². The fourth-order valence-electron chi connectivity index (χ4n) is 1.75.